The Morgan fingerprint density at radius 1 is 1.03 bits per heavy atom. The molecule has 2 aromatic carbocycles. The van der Waals surface area contributed by atoms with Gasteiger partial charge in [-0.05, 0) is 48.0 Å². The Balaban J connectivity index is 1.81. The second-order valence-electron chi connectivity index (χ2n) is 6.33. The first-order valence-corrected chi connectivity index (χ1v) is 9.11. The zero-order valence-electron chi connectivity index (χ0n) is 16.4. The number of rotatable bonds is 5. The highest BCUT2D eigenvalue weighted by Crippen LogP contribution is 2.13. The second-order valence-corrected chi connectivity index (χ2v) is 6.33. The number of carbonyl (C=O) groups excluding carboxylic acids is 2. The van der Waals surface area contributed by atoms with E-state index in [1.807, 2.05) is 0 Å². The number of benzene rings is 2. The predicted molar refractivity (Wildman–Crippen MR) is 111 cm³/mol. The van der Waals surface area contributed by atoms with Crippen LogP contribution in [0.1, 0.15) is 26.3 Å². The van der Waals surface area contributed by atoms with Crippen LogP contribution in [0.3, 0.4) is 0 Å². The molecule has 0 atom stereocenters. The molecule has 1 aromatic heterocycles. The number of aromatic nitrogens is 1. The summed E-state index contributed by atoms with van der Waals surface area (Å²) in [5, 5.41) is 5.29. The fourth-order valence-electron chi connectivity index (χ4n) is 2.59. The molecule has 9 heteroatoms. The van der Waals surface area contributed by atoms with Crippen molar-refractivity contribution in [1.82, 2.24) is 10.3 Å². The molecular weight excluding hydrogens is 406 g/mol. The van der Waals surface area contributed by atoms with E-state index in [2.05, 4.69) is 25.3 Å². The highest BCUT2D eigenvalue weighted by atomic mass is 19.1. The van der Waals surface area contributed by atoms with E-state index in [9.17, 15) is 18.4 Å². The number of halogens is 2. The molecule has 2 N–H and O–H groups in total. The van der Waals surface area contributed by atoms with Gasteiger partial charge in [-0.15, -0.1) is 0 Å². The largest absolute Gasteiger partial charge is 0.465 e. The molecule has 7 nitrogen and oxygen atoms in total. The highest BCUT2D eigenvalue weighted by molar-refractivity contribution is 6.10. The van der Waals surface area contributed by atoms with Crippen molar-refractivity contribution in [2.24, 2.45) is 4.99 Å². The fourth-order valence-corrected chi connectivity index (χ4v) is 2.59. The Kier molecular flexibility index (Phi) is 7.00. The predicted octanol–water partition coefficient (Wildman–Crippen LogP) is 3.54. The maximum atomic E-state index is 13.5. The number of pyridine rings is 1. The molecule has 0 aliphatic rings. The Labute approximate surface area is 176 Å². The van der Waals surface area contributed by atoms with Gasteiger partial charge in [0.15, 0.2) is 0 Å². The van der Waals surface area contributed by atoms with Crippen LogP contribution in [0.2, 0.25) is 0 Å². The van der Waals surface area contributed by atoms with E-state index in [4.69, 9.17) is 0 Å². The summed E-state index contributed by atoms with van der Waals surface area (Å²) in [4.78, 5) is 32.4. The van der Waals surface area contributed by atoms with E-state index in [1.165, 1.54) is 31.4 Å². The molecule has 0 aliphatic heterocycles. The number of nitrogens with one attached hydrogen (secondary N) is 2. The van der Waals surface area contributed by atoms with Crippen molar-refractivity contribution < 1.29 is 23.1 Å². The SMILES string of the molecule is COC(=O)c1ccc(C(=O)NC(=NCc2cccnc2)Nc2cc(F)cc(F)c2)cc1. The summed E-state index contributed by atoms with van der Waals surface area (Å²) in [7, 11) is 1.26. The van der Waals surface area contributed by atoms with Crippen molar-refractivity contribution in [2.75, 3.05) is 12.4 Å². The van der Waals surface area contributed by atoms with Crippen molar-refractivity contribution in [3.63, 3.8) is 0 Å². The van der Waals surface area contributed by atoms with Gasteiger partial charge in [-0.3, -0.25) is 15.1 Å². The van der Waals surface area contributed by atoms with Gasteiger partial charge in [-0.1, -0.05) is 6.07 Å². The summed E-state index contributed by atoms with van der Waals surface area (Å²) in [5.74, 6) is -2.64. The number of anilines is 1. The monoisotopic (exact) mass is 424 g/mol. The topological polar surface area (TPSA) is 92.7 Å². The first-order valence-electron chi connectivity index (χ1n) is 9.11. The summed E-state index contributed by atoms with van der Waals surface area (Å²) in [6, 6.07) is 12.2. The number of hydrogen-bond acceptors (Lipinski definition) is 5. The zero-order valence-corrected chi connectivity index (χ0v) is 16.4. The van der Waals surface area contributed by atoms with Crippen LogP contribution in [0.25, 0.3) is 0 Å². The van der Waals surface area contributed by atoms with Gasteiger partial charge in [0.1, 0.15) is 11.6 Å². The third kappa shape index (κ3) is 6.17. The van der Waals surface area contributed by atoms with Gasteiger partial charge in [0.25, 0.3) is 5.91 Å². The van der Waals surface area contributed by atoms with Gasteiger partial charge in [-0.25, -0.2) is 18.6 Å². The average molecular weight is 424 g/mol. The minimum atomic E-state index is -0.779. The van der Waals surface area contributed by atoms with Crippen molar-refractivity contribution in [1.29, 1.82) is 0 Å². The van der Waals surface area contributed by atoms with Crippen LogP contribution < -0.4 is 10.6 Å². The molecule has 1 amide bonds. The average Bonchev–Trinajstić information content (AvgIpc) is 2.77. The van der Waals surface area contributed by atoms with Gasteiger partial charge in [0.05, 0.1) is 19.2 Å². The van der Waals surface area contributed by atoms with Crippen LogP contribution in [0.4, 0.5) is 14.5 Å². The maximum absolute atomic E-state index is 13.5. The Morgan fingerprint density at radius 2 is 1.71 bits per heavy atom. The van der Waals surface area contributed by atoms with E-state index in [0.29, 0.717) is 0 Å². The van der Waals surface area contributed by atoms with Crippen molar-refractivity contribution in [2.45, 2.75) is 6.54 Å². The number of aliphatic imine (C=N–C) groups is 1. The number of esters is 1. The van der Waals surface area contributed by atoms with E-state index >= 15 is 0 Å². The van der Waals surface area contributed by atoms with Gasteiger partial charge < -0.3 is 10.1 Å². The van der Waals surface area contributed by atoms with Crippen LogP contribution in [0.5, 0.6) is 0 Å². The maximum Gasteiger partial charge on any atom is 0.337 e. The lowest BCUT2D eigenvalue weighted by Crippen LogP contribution is -2.36. The summed E-state index contributed by atoms with van der Waals surface area (Å²) in [6.07, 6.45) is 3.22. The molecule has 3 aromatic rings. The lowest BCUT2D eigenvalue weighted by Gasteiger charge is -2.12. The minimum absolute atomic E-state index is 0.0177. The van der Waals surface area contributed by atoms with E-state index < -0.39 is 23.5 Å². The molecular formula is C22H18F2N4O3. The van der Waals surface area contributed by atoms with Crippen LogP contribution in [0, 0.1) is 11.6 Å². The summed E-state index contributed by atoms with van der Waals surface area (Å²) in [6.45, 7) is 0.162. The van der Waals surface area contributed by atoms with Gasteiger partial charge in [0, 0.05) is 29.7 Å². The molecule has 0 bridgehead atoms. The highest BCUT2D eigenvalue weighted by Gasteiger charge is 2.12. The van der Waals surface area contributed by atoms with E-state index in [-0.39, 0.29) is 29.3 Å². The Morgan fingerprint density at radius 3 is 2.32 bits per heavy atom. The van der Waals surface area contributed by atoms with Crippen LogP contribution >= 0.6 is 0 Å². The van der Waals surface area contributed by atoms with E-state index in [0.717, 1.165) is 23.8 Å². The third-order valence-electron chi connectivity index (χ3n) is 4.07. The second kappa shape index (κ2) is 10.1. The van der Waals surface area contributed by atoms with Crippen molar-refractivity contribution in [3.8, 4) is 0 Å². The molecule has 0 saturated heterocycles. The summed E-state index contributed by atoms with van der Waals surface area (Å²) in [5.41, 5.74) is 1.37. The molecule has 0 aliphatic carbocycles. The molecule has 31 heavy (non-hydrogen) atoms. The molecule has 0 saturated carbocycles. The van der Waals surface area contributed by atoms with Crippen LogP contribution in [-0.4, -0.2) is 29.9 Å². The zero-order chi connectivity index (χ0) is 22.2. The van der Waals surface area contributed by atoms with E-state index in [1.54, 1.807) is 24.5 Å². The van der Waals surface area contributed by atoms with Crippen molar-refractivity contribution in [3.05, 3.63) is 95.3 Å². The molecule has 3 rings (SSSR count). The number of carbonyl (C=O) groups is 2. The third-order valence-corrected chi connectivity index (χ3v) is 4.07. The normalized spacial score (nSPS) is 11.0. The number of methoxy groups -OCH3 is 1. The smallest absolute Gasteiger partial charge is 0.337 e. The molecule has 0 unspecified atom stereocenters. The molecule has 0 spiro atoms. The number of hydrogen-bond donors (Lipinski definition) is 2. The van der Waals surface area contributed by atoms with Crippen molar-refractivity contribution >= 4 is 23.5 Å². The molecule has 1 heterocycles. The first kappa shape index (κ1) is 21.6. The fraction of sp³-hybridized carbons (Fsp3) is 0.0909. The number of amides is 1. The number of guanidine groups is 1. The summed E-state index contributed by atoms with van der Waals surface area (Å²) >= 11 is 0. The number of ether oxygens (including phenoxy) is 1. The van der Waals surface area contributed by atoms with Gasteiger partial charge in [-0.2, -0.15) is 0 Å². The number of nitrogens with zero attached hydrogens (tertiary/aromatic N) is 2. The lowest BCUT2D eigenvalue weighted by atomic mass is 10.1. The first-order chi connectivity index (χ1) is 14.9. The molecule has 0 radical (unpaired) electrons. The molecule has 158 valence electrons. The quantitative estimate of drug-likeness (QED) is 0.371. The van der Waals surface area contributed by atoms with Crippen LogP contribution in [0.15, 0.2) is 72.0 Å². The van der Waals surface area contributed by atoms with Crippen LogP contribution in [-0.2, 0) is 11.3 Å². The standard InChI is InChI=1S/C22H18F2N4O3/c1-31-21(30)16-6-4-15(5-7-16)20(29)28-22(26-13-14-3-2-8-25-12-14)27-19-10-17(23)9-18(24)11-19/h2-12H,13H2,1H3,(H2,26,27,28,29). The summed E-state index contributed by atoms with van der Waals surface area (Å²) < 4.78 is 31.7. The van der Waals surface area contributed by atoms with Gasteiger partial charge >= 0.3 is 5.97 Å². The minimum Gasteiger partial charge on any atom is -0.465 e. The Hall–Kier alpha value is -4.14. The lowest BCUT2D eigenvalue weighted by molar-refractivity contribution is 0.0600. The Bertz CT molecular complexity index is 1080. The van der Waals surface area contributed by atoms with Gasteiger partial charge in [0.2, 0.25) is 5.96 Å². The molecule has 0 fully saturated rings.